The maximum absolute atomic E-state index is 4.40. The van der Waals surface area contributed by atoms with Gasteiger partial charge in [0.25, 0.3) is 0 Å². The van der Waals surface area contributed by atoms with Gasteiger partial charge in [-0.3, -0.25) is 4.98 Å². The summed E-state index contributed by atoms with van der Waals surface area (Å²) in [6.07, 6.45) is 5.19. The minimum Gasteiger partial charge on any atom is -0.257 e. The predicted molar refractivity (Wildman–Crippen MR) is 76.0 cm³/mol. The Morgan fingerprint density at radius 3 is 2.61 bits per heavy atom. The summed E-state index contributed by atoms with van der Waals surface area (Å²) in [4.78, 5) is 4.40. The lowest BCUT2D eigenvalue weighted by molar-refractivity contribution is 0.522. The molecule has 1 heterocycles. The number of allylic oxidation sites excluding steroid dienone is 1. The van der Waals surface area contributed by atoms with Crippen LogP contribution in [0, 0.1) is 5.41 Å². The third-order valence-corrected chi connectivity index (χ3v) is 3.65. The average Bonchev–Trinajstić information content (AvgIpc) is 2.62. The molecule has 0 aliphatic heterocycles. The quantitative estimate of drug-likeness (QED) is 0.721. The zero-order chi connectivity index (χ0) is 12.6. The van der Waals surface area contributed by atoms with Crippen molar-refractivity contribution >= 4 is 11.6 Å². The van der Waals surface area contributed by atoms with Crippen LogP contribution in [0.4, 0.5) is 0 Å². The van der Waals surface area contributed by atoms with Crippen molar-refractivity contribution in [1.82, 2.24) is 4.98 Å². The summed E-state index contributed by atoms with van der Waals surface area (Å²) in [5.74, 6) is 0. The van der Waals surface area contributed by atoms with Crippen LogP contribution in [0.3, 0.4) is 0 Å². The third-order valence-electron chi connectivity index (χ3n) is 3.65. The van der Waals surface area contributed by atoms with E-state index in [4.69, 9.17) is 0 Å². The molecule has 0 radical (unpaired) electrons. The van der Waals surface area contributed by atoms with Crippen LogP contribution in [0.1, 0.15) is 30.7 Å². The normalized spacial score (nSPS) is 18.9. The van der Waals surface area contributed by atoms with Gasteiger partial charge < -0.3 is 0 Å². The Balaban J connectivity index is 2.13. The zero-order valence-electron chi connectivity index (χ0n) is 10.9. The van der Waals surface area contributed by atoms with Gasteiger partial charge in [0, 0.05) is 6.20 Å². The summed E-state index contributed by atoms with van der Waals surface area (Å²) in [6, 6.07) is 14.7. The first kappa shape index (κ1) is 11.2. The van der Waals surface area contributed by atoms with Crippen LogP contribution in [-0.4, -0.2) is 4.98 Å². The Labute approximate surface area is 108 Å². The van der Waals surface area contributed by atoms with Crippen LogP contribution in [0.2, 0.25) is 0 Å². The van der Waals surface area contributed by atoms with Gasteiger partial charge in [-0.2, -0.15) is 0 Å². The SMILES string of the molecule is CC1(C)Cc2ccccc2/C1=C\c1ccccn1. The highest BCUT2D eigenvalue weighted by atomic mass is 14.7. The summed E-state index contributed by atoms with van der Waals surface area (Å²) >= 11 is 0. The van der Waals surface area contributed by atoms with Crippen LogP contribution in [0.5, 0.6) is 0 Å². The molecule has 2 aromatic rings. The van der Waals surface area contributed by atoms with Crippen molar-refractivity contribution in [2.45, 2.75) is 20.3 Å². The Hall–Kier alpha value is -1.89. The Bertz CT molecular complexity index is 594. The molecule has 18 heavy (non-hydrogen) atoms. The molecule has 3 rings (SSSR count). The molecule has 0 saturated carbocycles. The summed E-state index contributed by atoms with van der Waals surface area (Å²) in [7, 11) is 0. The lowest BCUT2D eigenvalue weighted by Crippen LogP contribution is -2.09. The van der Waals surface area contributed by atoms with Gasteiger partial charge in [0.05, 0.1) is 5.69 Å². The number of pyridine rings is 1. The van der Waals surface area contributed by atoms with E-state index in [0.717, 1.165) is 12.1 Å². The summed E-state index contributed by atoms with van der Waals surface area (Å²) in [5.41, 5.74) is 5.47. The van der Waals surface area contributed by atoms with Gasteiger partial charge in [0.2, 0.25) is 0 Å². The summed E-state index contributed by atoms with van der Waals surface area (Å²) in [6.45, 7) is 4.61. The van der Waals surface area contributed by atoms with Crippen LogP contribution < -0.4 is 0 Å². The average molecular weight is 235 g/mol. The van der Waals surface area contributed by atoms with Gasteiger partial charge in [0.1, 0.15) is 0 Å². The molecule has 90 valence electrons. The van der Waals surface area contributed by atoms with Gasteiger partial charge in [0.15, 0.2) is 0 Å². The largest absolute Gasteiger partial charge is 0.257 e. The highest BCUT2D eigenvalue weighted by molar-refractivity contribution is 5.87. The molecule has 1 aliphatic carbocycles. The fourth-order valence-corrected chi connectivity index (χ4v) is 2.76. The van der Waals surface area contributed by atoms with Crippen molar-refractivity contribution in [3.05, 3.63) is 65.5 Å². The molecule has 0 amide bonds. The first-order chi connectivity index (χ1) is 8.67. The number of nitrogens with zero attached hydrogens (tertiary/aromatic N) is 1. The number of rotatable bonds is 1. The molecule has 1 aromatic heterocycles. The van der Waals surface area contributed by atoms with Crippen molar-refractivity contribution in [2.24, 2.45) is 5.41 Å². The lowest BCUT2D eigenvalue weighted by Gasteiger charge is -2.20. The molecule has 0 saturated heterocycles. The zero-order valence-corrected chi connectivity index (χ0v) is 10.9. The lowest BCUT2D eigenvalue weighted by atomic mass is 9.84. The maximum atomic E-state index is 4.40. The van der Waals surface area contributed by atoms with Gasteiger partial charge in [-0.1, -0.05) is 44.2 Å². The Morgan fingerprint density at radius 1 is 1.06 bits per heavy atom. The molecule has 0 fully saturated rings. The molecule has 0 unspecified atom stereocenters. The molecule has 1 nitrogen and oxygen atoms in total. The number of benzene rings is 1. The number of fused-ring (bicyclic) bond motifs is 1. The predicted octanol–water partition coefficient (Wildman–Crippen LogP) is 4.20. The standard InChI is InChI=1S/C17H17N/c1-17(2)12-13-7-3-4-9-15(13)16(17)11-14-8-5-6-10-18-14/h3-11H,12H2,1-2H3/b16-11+. The fraction of sp³-hybridized carbons (Fsp3) is 0.235. The van der Waals surface area contributed by atoms with Crippen LogP contribution in [0.25, 0.3) is 11.6 Å². The number of hydrogen-bond acceptors (Lipinski definition) is 1. The Kier molecular flexibility index (Phi) is 2.55. The van der Waals surface area contributed by atoms with Crippen molar-refractivity contribution in [3.8, 4) is 0 Å². The summed E-state index contributed by atoms with van der Waals surface area (Å²) < 4.78 is 0. The van der Waals surface area contributed by atoms with Crippen LogP contribution in [-0.2, 0) is 6.42 Å². The highest BCUT2D eigenvalue weighted by Gasteiger charge is 2.33. The Morgan fingerprint density at radius 2 is 1.83 bits per heavy atom. The van der Waals surface area contributed by atoms with Gasteiger partial charge in [-0.15, -0.1) is 0 Å². The van der Waals surface area contributed by atoms with E-state index in [1.54, 1.807) is 0 Å². The van der Waals surface area contributed by atoms with E-state index in [2.05, 4.69) is 55.2 Å². The topological polar surface area (TPSA) is 12.9 Å². The number of hydrogen-bond donors (Lipinski definition) is 0. The van der Waals surface area contributed by atoms with E-state index >= 15 is 0 Å². The molecular formula is C17H17N. The molecule has 1 aliphatic rings. The van der Waals surface area contributed by atoms with Crippen LogP contribution >= 0.6 is 0 Å². The van der Waals surface area contributed by atoms with E-state index in [9.17, 15) is 0 Å². The molecule has 1 heteroatoms. The molecule has 0 bridgehead atoms. The first-order valence-corrected chi connectivity index (χ1v) is 6.38. The van der Waals surface area contributed by atoms with Gasteiger partial charge in [-0.05, 0) is 46.7 Å². The molecule has 0 N–H and O–H groups in total. The molecule has 1 aromatic carbocycles. The molecule has 0 spiro atoms. The monoisotopic (exact) mass is 235 g/mol. The van der Waals surface area contributed by atoms with Gasteiger partial charge >= 0.3 is 0 Å². The van der Waals surface area contributed by atoms with E-state index in [1.807, 2.05) is 18.3 Å². The van der Waals surface area contributed by atoms with E-state index in [1.165, 1.54) is 16.7 Å². The number of aromatic nitrogens is 1. The fourth-order valence-electron chi connectivity index (χ4n) is 2.76. The first-order valence-electron chi connectivity index (χ1n) is 6.38. The summed E-state index contributed by atoms with van der Waals surface area (Å²) in [5, 5.41) is 0. The van der Waals surface area contributed by atoms with Crippen molar-refractivity contribution < 1.29 is 0 Å². The van der Waals surface area contributed by atoms with E-state index < -0.39 is 0 Å². The highest BCUT2D eigenvalue weighted by Crippen LogP contribution is 2.46. The van der Waals surface area contributed by atoms with Crippen molar-refractivity contribution in [2.75, 3.05) is 0 Å². The maximum Gasteiger partial charge on any atom is 0.0632 e. The minimum atomic E-state index is 0.196. The van der Waals surface area contributed by atoms with E-state index in [0.29, 0.717) is 0 Å². The third kappa shape index (κ3) is 1.86. The molecule has 0 atom stereocenters. The van der Waals surface area contributed by atoms with Crippen molar-refractivity contribution in [3.63, 3.8) is 0 Å². The van der Waals surface area contributed by atoms with Gasteiger partial charge in [-0.25, -0.2) is 0 Å². The second-order valence-corrected chi connectivity index (χ2v) is 5.53. The second-order valence-electron chi connectivity index (χ2n) is 5.53. The second kappa shape index (κ2) is 4.09. The smallest absolute Gasteiger partial charge is 0.0632 e. The van der Waals surface area contributed by atoms with Crippen LogP contribution in [0.15, 0.2) is 48.7 Å². The van der Waals surface area contributed by atoms with Crippen molar-refractivity contribution in [1.29, 1.82) is 0 Å². The molecular weight excluding hydrogens is 218 g/mol. The minimum absolute atomic E-state index is 0.196. The van der Waals surface area contributed by atoms with E-state index in [-0.39, 0.29) is 5.41 Å².